The summed E-state index contributed by atoms with van der Waals surface area (Å²) in [5, 5.41) is 4.60. The fourth-order valence-electron chi connectivity index (χ4n) is 3.24. The van der Waals surface area contributed by atoms with E-state index in [1.807, 2.05) is 26.1 Å². The summed E-state index contributed by atoms with van der Waals surface area (Å²) in [5.74, 6) is 0.238. The SMILES string of the molecule is CCC(CC)(CN)C(=O)Cc1ccn(C2CCCC2)n1. The van der Waals surface area contributed by atoms with Gasteiger partial charge in [0.25, 0.3) is 0 Å². The van der Waals surface area contributed by atoms with E-state index in [4.69, 9.17) is 5.73 Å². The Morgan fingerprint density at radius 1 is 1.40 bits per heavy atom. The van der Waals surface area contributed by atoms with Crippen LogP contribution in [0, 0.1) is 5.41 Å². The van der Waals surface area contributed by atoms with Gasteiger partial charge in [0.1, 0.15) is 5.78 Å². The lowest BCUT2D eigenvalue weighted by molar-refractivity contribution is -0.128. The molecule has 2 N–H and O–H groups in total. The number of hydrogen-bond donors (Lipinski definition) is 1. The highest BCUT2D eigenvalue weighted by molar-refractivity contribution is 5.86. The molecule has 1 fully saturated rings. The second-order valence-corrected chi connectivity index (χ2v) is 6.02. The van der Waals surface area contributed by atoms with Crippen LogP contribution >= 0.6 is 0 Å². The minimum Gasteiger partial charge on any atom is -0.329 e. The molecule has 0 atom stereocenters. The minimum atomic E-state index is -0.364. The lowest BCUT2D eigenvalue weighted by atomic mass is 9.77. The highest BCUT2D eigenvalue weighted by Crippen LogP contribution is 2.30. The van der Waals surface area contributed by atoms with Crippen molar-refractivity contribution in [2.75, 3.05) is 6.54 Å². The molecule has 1 aliphatic rings. The third kappa shape index (κ3) is 2.95. The van der Waals surface area contributed by atoms with Crippen LogP contribution in [0.15, 0.2) is 12.3 Å². The van der Waals surface area contributed by atoms with Crippen LogP contribution in [0.2, 0.25) is 0 Å². The maximum absolute atomic E-state index is 12.5. The van der Waals surface area contributed by atoms with E-state index in [1.165, 1.54) is 25.7 Å². The second kappa shape index (κ2) is 6.53. The van der Waals surface area contributed by atoms with Gasteiger partial charge in [0.05, 0.1) is 18.2 Å². The van der Waals surface area contributed by atoms with Gasteiger partial charge in [0.2, 0.25) is 0 Å². The van der Waals surface area contributed by atoms with Crippen molar-refractivity contribution in [3.63, 3.8) is 0 Å². The highest BCUT2D eigenvalue weighted by Gasteiger charge is 2.33. The average Bonchev–Trinajstić information content (AvgIpc) is 3.11. The molecular weight excluding hydrogens is 250 g/mol. The monoisotopic (exact) mass is 277 g/mol. The van der Waals surface area contributed by atoms with Crippen molar-refractivity contribution >= 4 is 5.78 Å². The van der Waals surface area contributed by atoms with E-state index in [-0.39, 0.29) is 11.2 Å². The van der Waals surface area contributed by atoms with Crippen molar-refractivity contribution < 1.29 is 4.79 Å². The molecule has 1 heterocycles. The normalized spacial score (nSPS) is 16.8. The fraction of sp³-hybridized carbons (Fsp3) is 0.750. The Kier molecular flexibility index (Phi) is 4.97. The summed E-state index contributed by atoms with van der Waals surface area (Å²) in [6.45, 7) is 4.53. The highest BCUT2D eigenvalue weighted by atomic mass is 16.1. The first kappa shape index (κ1) is 15.2. The van der Waals surface area contributed by atoms with E-state index in [1.54, 1.807) is 0 Å². The molecule has 1 saturated carbocycles. The van der Waals surface area contributed by atoms with Crippen LogP contribution in [-0.2, 0) is 11.2 Å². The van der Waals surface area contributed by atoms with Crippen LogP contribution in [0.3, 0.4) is 0 Å². The molecule has 0 aliphatic heterocycles. The first-order chi connectivity index (χ1) is 9.65. The van der Waals surface area contributed by atoms with Gasteiger partial charge < -0.3 is 5.73 Å². The summed E-state index contributed by atoms with van der Waals surface area (Å²) < 4.78 is 2.05. The lowest BCUT2D eigenvalue weighted by Crippen LogP contribution is -2.38. The summed E-state index contributed by atoms with van der Waals surface area (Å²) in [6, 6.07) is 2.53. The fourth-order valence-corrected chi connectivity index (χ4v) is 3.24. The molecule has 20 heavy (non-hydrogen) atoms. The predicted octanol–water partition coefficient (Wildman–Crippen LogP) is 2.87. The van der Waals surface area contributed by atoms with Crippen LogP contribution in [0.4, 0.5) is 0 Å². The number of carbonyl (C=O) groups is 1. The largest absolute Gasteiger partial charge is 0.329 e. The molecule has 1 aliphatic carbocycles. The number of nitrogens with two attached hydrogens (primary N) is 1. The van der Waals surface area contributed by atoms with Crippen molar-refractivity contribution in [3.05, 3.63) is 18.0 Å². The molecule has 0 unspecified atom stereocenters. The summed E-state index contributed by atoms with van der Waals surface area (Å²) >= 11 is 0. The van der Waals surface area contributed by atoms with Gasteiger partial charge in [0, 0.05) is 18.2 Å². The Labute approximate surface area is 121 Å². The number of aromatic nitrogens is 2. The number of carbonyl (C=O) groups excluding carboxylic acids is 1. The third-order valence-corrected chi connectivity index (χ3v) is 5.04. The molecule has 4 heteroatoms. The smallest absolute Gasteiger partial charge is 0.146 e. The van der Waals surface area contributed by atoms with Gasteiger partial charge in [-0.25, -0.2) is 0 Å². The van der Waals surface area contributed by atoms with Gasteiger partial charge in [-0.2, -0.15) is 5.10 Å². The summed E-state index contributed by atoms with van der Waals surface area (Å²) in [6.07, 6.45) is 9.07. The molecule has 0 radical (unpaired) electrons. The summed E-state index contributed by atoms with van der Waals surface area (Å²) in [4.78, 5) is 12.5. The summed E-state index contributed by atoms with van der Waals surface area (Å²) in [7, 11) is 0. The Bertz CT molecular complexity index is 434. The molecule has 2 rings (SSSR count). The van der Waals surface area contributed by atoms with E-state index in [0.29, 0.717) is 19.0 Å². The molecular formula is C16H27N3O. The van der Waals surface area contributed by atoms with Gasteiger partial charge >= 0.3 is 0 Å². The molecule has 0 saturated heterocycles. The standard InChI is InChI=1S/C16H27N3O/c1-3-16(4-2,12-17)15(20)11-13-9-10-19(18-13)14-7-5-6-8-14/h9-10,14H,3-8,11-12,17H2,1-2H3. The third-order valence-electron chi connectivity index (χ3n) is 5.04. The molecule has 1 aromatic heterocycles. The average molecular weight is 277 g/mol. The molecule has 0 aromatic carbocycles. The van der Waals surface area contributed by atoms with Crippen LogP contribution in [0.5, 0.6) is 0 Å². The molecule has 0 bridgehead atoms. The van der Waals surface area contributed by atoms with Crippen molar-refractivity contribution in [1.82, 2.24) is 9.78 Å². The van der Waals surface area contributed by atoms with Crippen LogP contribution in [-0.4, -0.2) is 22.1 Å². The van der Waals surface area contributed by atoms with Gasteiger partial charge in [-0.1, -0.05) is 26.7 Å². The zero-order valence-corrected chi connectivity index (χ0v) is 12.8. The Hall–Kier alpha value is -1.16. The summed E-state index contributed by atoms with van der Waals surface area (Å²) in [5.41, 5.74) is 6.37. The predicted molar refractivity (Wildman–Crippen MR) is 80.5 cm³/mol. The maximum Gasteiger partial charge on any atom is 0.146 e. The molecule has 1 aromatic rings. The van der Waals surface area contributed by atoms with Gasteiger partial charge in [-0.15, -0.1) is 0 Å². The maximum atomic E-state index is 12.5. The Morgan fingerprint density at radius 2 is 2.05 bits per heavy atom. The topological polar surface area (TPSA) is 60.9 Å². The van der Waals surface area contributed by atoms with Crippen molar-refractivity contribution in [3.8, 4) is 0 Å². The number of ketones is 1. The molecule has 4 nitrogen and oxygen atoms in total. The molecule has 0 spiro atoms. The van der Waals surface area contributed by atoms with Gasteiger partial charge in [0.15, 0.2) is 0 Å². The van der Waals surface area contributed by atoms with E-state index >= 15 is 0 Å². The van der Waals surface area contributed by atoms with E-state index in [9.17, 15) is 4.79 Å². The quantitative estimate of drug-likeness (QED) is 0.833. The van der Waals surface area contributed by atoms with Crippen LogP contribution < -0.4 is 5.73 Å². The van der Waals surface area contributed by atoms with Crippen molar-refractivity contribution in [2.24, 2.45) is 11.1 Å². The van der Waals surface area contributed by atoms with Gasteiger partial charge in [-0.3, -0.25) is 9.48 Å². The van der Waals surface area contributed by atoms with E-state index in [2.05, 4.69) is 9.78 Å². The second-order valence-electron chi connectivity index (χ2n) is 6.02. The molecule has 0 amide bonds. The first-order valence-electron chi connectivity index (χ1n) is 7.92. The lowest BCUT2D eigenvalue weighted by Gasteiger charge is -2.28. The number of rotatable bonds is 7. The number of hydrogen-bond acceptors (Lipinski definition) is 3. The molecule has 112 valence electrons. The first-order valence-corrected chi connectivity index (χ1v) is 7.92. The van der Waals surface area contributed by atoms with Crippen molar-refractivity contribution in [1.29, 1.82) is 0 Å². The van der Waals surface area contributed by atoms with E-state index < -0.39 is 0 Å². The van der Waals surface area contributed by atoms with E-state index in [0.717, 1.165) is 18.5 Å². The number of Topliss-reactive ketones (excluding diaryl/α,β-unsaturated/α-hetero) is 1. The van der Waals surface area contributed by atoms with Crippen LogP contribution in [0.25, 0.3) is 0 Å². The Morgan fingerprint density at radius 3 is 2.60 bits per heavy atom. The van der Waals surface area contributed by atoms with Crippen LogP contribution in [0.1, 0.15) is 64.1 Å². The van der Waals surface area contributed by atoms with Gasteiger partial charge in [-0.05, 0) is 31.7 Å². The number of nitrogens with zero attached hydrogens (tertiary/aromatic N) is 2. The zero-order valence-electron chi connectivity index (χ0n) is 12.8. The minimum absolute atomic E-state index is 0.238. The van der Waals surface area contributed by atoms with Crippen molar-refractivity contribution in [2.45, 2.75) is 64.8 Å². The zero-order chi connectivity index (χ0) is 14.6. The Balaban J connectivity index is 2.04.